The highest BCUT2D eigenvalue weighted by atomic mass is 14.6. The van der Waals surface area contributed by atoms with Gasteiger partial charge in [0.1, 0.15) is 0 Å². The highest BCUT2D eigenvalue weighted by Crippen LogP contribution is 2.64. The summed E-state index contributed by atoms with van der Waals surface area (Å²) in [5, 5.41) is 0. The smallest absolute Gasteiger partial charge is 0.0352 e. The highest BCUT2D eigenvalue weighted by Gasteiger charge is 2.57. The molecule has 0 heterocycles. The van der Waals surface area contributed by atoms with Gasteiger partial charge in [-0.05, 0) is 168 Å². The van der Waals surface area contributed by atoms with E-state index in [9.17, 15) is 0 Å². The van der Waals surface area contributed by atoms with E-state index >= 15 is 0 Å². The Kier molecular flexibility index (Phi) is 14.3. The van der Waals surface area contributed by atoms with Crippen molar-refractivity contribution in [1.82, 2.24) is 0 Å². The molecule has 2 saturated carbocycles. The predicted molar refractivity (Wildman–Crippen MR) is 227 cm³/mol. The lowest BCUT2D eigenvalue weighted by Gasteiger charge is -2.59. The zero-order valence-electron chi connectivity index (χ0n) is 36.0. The third-order valence-electron chi connectivity index (χ3n) is 15.2. The Morgan fingerprint density at radius 3 is 1.12 bits per heavy atom. The average molecular weight is 699 g/mol. The van der Waals surface area contributed by atoms with Crippen molar-refractivity contribution in [2.45, 2.75) is 190 Å². The summed E-state index contributed by atoms with van der Waals surface area (Å²) >= 11 is 0. The van der Waals surface area contributed by atoms with Crippen molar-refractivity contribution in [2.24, 2.45) is 47.3 Å². The minimum atomic E-state index is -0.142. The first kappa shape index (κ1) is 41.8. The highest BCUT2D eigenvalue weighted by molar-refractivity contribution is 5.65. The summed E-state index contributed by atoms with van der Waals surface area (Å²) in [5.74, 6) is 6.80. The third-order valence-corrected chi connectivity index (χ3v) is 15.2. The van der Waals surface area contributed by atoms with Gasteiger partial charge in [0.2, 0.25) is 0 Å². The van der Waals surface area contributed by atoms with Gasteiger partial charge in [-0.15, -0.1) is 0 Å². The number of benzene rings is 2. The third kappa shape index (κ3) is 7.83. The minimum absolute atomic E-state index is 0.142. The lowest BCUT2D eigenvalue weighted by atomic mass is 9.44. The summed E-state index contributed by atoms with van der Waals surface area (Å²) < 4.78 is 0. The molecule has 2 nitrogen and oxygen atoms in total. The molecule has 288 valence electrons. The first-order valence-corrected chi connectivity index (χ1v) is 22.0. The molecule has 0 bridgehead atoms. The van der Waals surface area contributed by atoms with Gasteiger partial charge in [0, 0.05) is 16.8 Å². The summed E-state index contributed by atoms with van der Waals surface area (Å²) in [4.78, 5) is 0. The quantitative estimate of drug-likeness (QED) is 0.193. The number of hydrogen-bond donors (Lipinski definition) is 2. The molecule has 2 aromatic carbocycles. The summed E-state index contributed by atoms with van der Waals surface area (Å²) in [6, 6.07) is 9.94. The molecular weight excluding hydrogens is 617 g/mol. The number of rotatable bonds is 14. The van der Waals surface area contributed by atoms with Crippen LogP contribution in [0.1, 0.15) is 218 Å². The maximum Gasteiger partial charge on any atom is 0.0352 e. The lowest BCUT2D eigenvalue weighted by molar-refractivity contribution is -0.00121. The van der Waals surface area contributed by atoms with Crippen LogP contribution in [-0.2, 0) is 5.41 Å². The first-order valence-electron chi connectivity index (χ1n) is 22.0. The topological polar surface area (TPSA) is 52.0 Å². The molecule has 2 aliphatic rings. The fourth-order valence-electron chi connectivity index (χ4n) is 11.7. The lowest BCUT2D eigenvalue weighted by Crippen LogP contribution is -2.55. The SMILES string of the molecule is CCC(C)c1c(N)ccc(C(c2ccc(N)c(C(C)CC)c2C(C)CC)(C2CC(C)CCC2C(C)C)C2CC(C)CCC2C(C)C)c1C(C)CC. The molecule has 51 heavy (non-hydrogen) atoms. The maximum atomic E-state index is 7.18. The Morgan fingerprint density at radius 2 is 0.824 bits per heavy atom. The molecule has 2 aromatic rings. The van der Waals surface area contributed by atoms with E-state index in [1.54, 1.807) is 22.3 Å². The monoisotopic (exact) mass is 699 g/mol. The predicted octanol–water partition coefficient (Wildman–Crippen LogP) is 14.6. The van der Waals surface area contributed by atoms with E-state index in [-0.39, 0.29) is 5.41 Å². The van der Waals surface area contributed by atoms with Gasteiger partial charge < -0.3 is 11.5 Å². The molecule has 10 atom stereocenters. The summed E-state index contributed by atoms with van der Waals surface area (Å²) in [5.41, 5.74) is 25.6. The minimum Gasteiger partial charge on any atom is -0.398 e. The molecule has 0 amide bonds. The van der Waals surface area contributed by atoms with Crippen LogP contribution in [-0.4, -0.2) is 0 Å². The second-order valence-electron chi connectivity index (χ2n) is 19.0. The Balaban J connectivity index is 2.44. The van der Waals surface area contributed by atoms with Crippen molar-refractivity contribution in [2.75, 3.05) is 11.5 Å². The van der Waals surface area contributed by atoms with Crippen LogP contribution in [0, 0.1) is 47.3 Å². The fraction of sp³-hybridized carbons (Fsp3) is 0.755. The molecule has 0 spiro atoms. The van der Waals surface area contributed by atoms with Gasteiger partial charge in [0.25, 0.3) is 0 Å². The van der Waals surface area contributed by atoms with E-state index in [4.69, 9.17) is 11.5 Å². The van der Waals surface area contributed by atoms with Gasteiger partial charge in [-0.3, -0.25) is 0 Å². The Labute approximate surface area is 317 Å². The molecule has 2 aliphatic carbocycles. The molecule has 0 aliphatic heterocycles. The number of anilines is 2. The van der Waals surface area contributed by atoms with Gasteiger partial charge >= 0.3 is 0 Å². The van der Waals surface area contributed by atoms with Crippen LogP contribution in [0.3, 0.4) is 0 Å². The van der Waals surface area contributed by atoms with Crippen molar-refractivity contribution in [1.29, 1.82) is 0 Å². The summed E-state index contributed by atoms with van der Waals surface area (Å²) in [7, 11) is 0. The molecular formula is C49H82N2. The Bertz CT molecular complexity index is 1310. The van der Waals surface area contributed by atoms with E-state index in [0.29, 0.717) is 71.0 Å². The van der Waals surface area contributed by atoms with Gasteiger partial charge in [0.15, 0.2) is 0 Å². The van der Waals surface area contributed by atoms with Crippen molar-refractivity contribution in [3.8, 4) is 0 Å². The van der Waals surface area contributed by atoms with Crippen LogP contribution in [0.5, 0.6) is 0 Å². The number of hydrogen-bond acceptors (Lipinski definition) is 2. The summed E-state index contributed by atoms with van der Waals surface area (Å²) in [6.07, 6.45) is 12.4. The second kappa shape index (κ2) is 17.5. The van der Waals surface area contributed by atoms with Crippen LogP contribution in [0.2, 0.25) is 0 Å². The Morgan fingerprint density at radius 1 is 0.510 bits per heavy atom. The Hall–Kier alpha value is -1.96. The van der Waals surface area contributed by atoms with Crippen molar-refractivity contribution >= 4 is 11.4 Å². The molecule has 2 fully saturated rings. The zero-order valence-corrected chi connectivity index (χ0v) is 36.0. The van der Waals surface area contributed by atoms with Gasteiger partial charge in [-0.1, -0.05) is 122 Å². The van der Waals surface area contributed by atoms with E-state index in [1.165, 1.54) is 49.7 Å². The molecule has 0 radical (unpaired) electrons. The van der Waals surface area contributed by atoms with Crippen LogP contribution in [0.15, 0.2) is 24.3 Å². The van der Waals surface area contributed by atoms with Crippen molar-refractivity contribution in [3.05, 3.63) is 57.6 Å². The van der Waals surface area contributed by atoms with E-state index in [1.807, 2.05) is 0 Å². The molecule has 0 aromatic heterocycles. The van der Waals surface area contributed by atoms with Crippen molar-refractivity contribution < 1.29 is 0 Å². The maximum absolute atomic E-state index is 7.18. The van der Waals surface area contributed by atoms with Crippen LogP contribution < -0.4 is 11.5 Å². The number of nitrogen functional groups attached to an aromatic ring is 2. The zero-order chi connectivity index (χ0) is 37.9. The van der Waals surface area contributed by atoms with E-state index < -0.39 is 0 Å². The van der Waals surface area contributed by atoms with Gasteiger partial charge in [-0.2, -0.15) is 0 Å². The second-order valence-corrected chi connectivity index (χ2v) is 19.0. The van der Waals surface area contributed by atoms with Crippen LogP contribution in [0.25, 0.3) is 0 Å². The summed E-state index contributed by atoms with van der Waals surface area (Å²) in [6.45, 7) is 34.8. The van der Waals surface area contributed by atoms with Gasteiger partial charge in [-0.25, -0.2) is 0 Å². The molecule has 4 N–H and O–H groups in total. The normalized spacial score (nSPS) is 28.0. The molecule has 10 unspecified atom stereocenters. The van der Waals surface area contributed by atoms with Crippen LogP contribution >= 0.6 is 0 Å². The van der Waals surface area contributed by atoms with E-state index in [0.717, 1.165) is 37.1 Å². The fourth-order valence-corrected chi connectivity index (χ4v) is 11.7. The van der Waals surface area contributed by atoms with Crippen molar-refractivity contribution in [3.63, 3.8) is 0 Å². The van der Waals surface area contributed by atoms with E-state index in [2.05, 4.69) is 121 Å². The molecule has 0 saturated heterocycles. The standard InChI is InChI=1S/C49H82N2/c1-15-33(11)45-39(23-25-43(50)47(45)35(13)17-3)49(41-27-31(9)19-21-37(41)29(5)6,42-28-32(10)20-22-38(42)30(7)8)40-24-26-44(51)48(36(14)18-4)46(40)34(12)16-2/h23-26,29-38,41-42H,15-22,27-28,50-51H2,1-14H3. The van der Waals surface area contributed by atoms with Gasteiger partial charge in [0.05, 0.1) is 0 Å². The average Bonchev–Trinajstić information content (AvgIpc) is 3.10. The number of nitrogens with two attached hydrogens (primary N) is 2. The molecule has 4 rings (SSSR count). The van der Waals surface area contributed by atoms with Crippen LogP contribution in [0.4, 0.5) is 11.4 Å². The first-order chi connectivity index (χ1) is 24.1. The molecule has 2 heteroatoms. The largest absolute Gasteiger partial charge is 0.398 e.